The smallest absolute Gasteiger partial charge is 0.270 e. The van der Waals surface area contributed by atoms with E-state index in [0.717, 1.165) is 5.69 Å². The first-order valence-corrected chi connectivity index (χ1v) is 5.26. The SMILES string of the molecule is Cc1cccc(C(=O)NC(C)c2ncn[nH]2)n1. The second-order valence-corrected chi connectivity index (χ2v) is 3.73. The van der Waals surface area contributed by atoms with Gasteiger partial charge in [0.2, 0.25) is 0 Å². The van der Waals surface area contributed by atoms with Crippen molar-refractivity contribution in [3.05, 3.63) is 41.7 Å². The highest BCUT2D eigenvalue weighted by Crippen LogP contribution is 2.06. The molecule has 1 atom stereocenters. The predicted octanol–water partition coefficient (Wildman–Crippen LogP) is 0.999. The van der Waals surface area contributed by atoms with E-state index in [1.807, 2.05) is 19.9 Å². The van der Waals surface area contributed by atoms with E-state index in [4.69, 9.17) is 0 Å². The third kappa shape index (κ3) is 2.66. The van der Waals surface area contributed by atoms with Crippen LogP contribution >= 0.6 is 0 Å². The molecule has 1 amide bonds. The van der Waals surface area contributed by atoms with E-state index in [0.29, 0.717) is 11.5 Å². The molecule has 0 fully saturated rings. The number of rotatable bonds is 3. The number of hydrogen-bond donors (Lipinski definition) is 2. The van der Waals surface area contributed by atoms with Crippen LogP contribution in [0.3, 0.4) is 0 Å². The second kappa shape index (κ2) is 4.73. The fourth-order valence-electron chi connectivity index (χ4n) is 1.43. The van der Waals surface area contributed by atoms with Crippen molar-refractivity contribution in [2.24, 2.45) is 0 Å². The number of aromatic nitrogens is 4. The molecule has 0 spiro atoms. The van der Waals surface area contributed by atoms with Crippen LogP contribution < -0.4 is 5.32 Å². The van der Waals surface area contributed by atoms with Crippen molar-refractivity contribution in [2.75, 3.05) is 0 Å². The molecule has 0 saturated carbocycles. The molecule has 88 valence electrons. The Labute approximate surface area is 98.5 Å². The molecule has 2 aromatic heterocycles. The summed E-state index contributed by atoms with van der Waals surface area (Å²) in [7, 11) is 0. The molecule has 2 aromatic rings. The quantitative estimate of drug-likeness (QED) is 0.825. The van der Waals surface area contributed by atoms with Gasteiger partial charge in [-0.3, -0.25) is 9.89 Å². The lowest BCUT2D eigenvalue weighted by Crippen LogP contribution is -2.28. The summed E-state index contributed by atoms with van der Waals surface area (Å²) < 4.78 is 0. The zero-order valence-corrected chi connectivity index (χ0v) is 9.64. The molecule has 0 aromatic carbocycles. The van der Waals surface area contributed by atoms with Crippen molar-refractivity contribution in [1.29, 1.82) is 0 Å². The summed E-state index contributed by atoms with van der Waals surface area (Å²) in [5.74, 6) is 0.392. The number of amides is 1. The highest BCUT2D eigenvalue weighted by Gasteiger charge is 2.14. The number of aromatic amines is 1. The number of hydrogen-bond acceptors (Lipinski definition) is 4. The Balaban J connectivity index is 2.07. The van der Waals surface area contributed by atoms with E-state index in [1.165, 1.54) is 6.33 Å². The number of carbonyl (C=O) groups is 1. The molecule has 0 aliphatic heterocycles. The molecule has 0 bridgehead atoms. The van der Waals surface area contributed by atoms with Gasteiger partial charge in [0.25, 0.3) is 5.91 Å². The molecule has 2 N–H and O–H groups in total. The normalized spacial score (nSPS) is 12.1. The van der Waals surface area contributed by atoms with Crippen LogP contribution in [0.4, 0.5) is 0 Å². The van der Waals surface area contributed by atoms with E-state index >= 15 is 0 Å². The van der Waals surface area contributed by atoms with Crippen molar-refractivity contribution in [1.82, 2.24) is 25.5 Å². The van der Waals surface area contributed by atoms with Gasteiger partial charge in [0.15, 0.2) is 0 Å². The van der Waals surface area contributed by atoms with Gasteiger partial charge >= 0.3 is 0 Å². The molecule has 6 nitrogen and oxygen atoms in total. The summed E-state index contributed by atoms with van der Waals surface area (Å²) in [6.07, 6.45) is 1.41. The summed E-state index contributed by atoms with van der Waals surface area (Å²) in [6.45, 7) is 3.67. The van der Waals surface area contributed by atoms with Crippen LogP contribution in [-0.4, -0.2) is 26.1 Å². The number of pyridine rings is 1. The maximum absolute atomic E-state index is 11.9. The van der Waals surface area contributed by atoms with Gasteiger partial charge in [0.1, 0.15) is 17.8 Å². The van der Waals surface area contributed by atoms with Gasteiger partial charge in [-0.1, -0.05) is 6.07 Å². The van der Waals surface area contributed by atoms with Crippen LogP contribution in [0.25, 0.3) is 0 Å². The van der Waals surface area contributed by atoms with E-state index in [-0.39, 0.29) is 11.9 Å². The second-order valence-electron chi connectivity index (χ2n) is 3.73. The number of aryl methyl sites for hydroxylation is 1. The van der Waals surface area contributed by atoms with Crippen LogP contribution in [-0.2, 0) is 0 Å². The first kappa shape index (κ1) is 11.3. The van der Waals surface area contributed by atoms with Gasteiger partial charge in [0.05, 0.1) is 6.04 Å². The van der Waals surface area contributed by atoms with Crippen LogP contribution in [0.15, 0.2) is 24.5 Å². The molecule has 17 heavy (non-hydrogen) atoms. The van der Waals surface area contributed by atoms with Gasteiger partial charge in [-0.25, -0.2) is 9.97 Å². The zero-order chi connectivity index (χ0) is 12.3. The van der Waals surface area contributed by atoms with Crippen LogP contribution in [0.2, 0.25) is 0 Å². The average molecular weight is 231 g/mol. The fourth-order valence-corrected chi connectivity index (χ4v) is 1.43. The van der Waals surface area contributed by atoms with Crippen molar-refractivity contribution in [2.45, 2.75) is 19.9 Å². The lowest BCUT2D eigenvalue weighted by atomic mass is 10.2. The number of H-pyrrole nitrogens is 1. The van der Waals surface area contributed by atoms with E-state index in [2.05, 4.69) is 25.5 Å². The van der Waals surface area contributed by atoms with Crippen molar-refractivity contribution >= 4 is 5.91 Å². The van der Waals surface area contributed by atoms with Gasteiger partial charge in [-0.15, -0.1) is 0 Å². The fraction of sp³-hybridized carbons (Fsp3) is 0.273. The van der Waals surface area contributed by atoms with Crippen LogP contribution in [0, 0.1) is 6.92 Å². The molecule has 0 aliphatic rings. The lowest BCUT2D eigenvalue weighted by molar-refractivity contribution is 0.0933. The largest absolute Gasteiger partial charge is 0.341 e. The molecule has 6 heteroatoms. The number of nitrogens with one attached hydrogen (secondary N) is 2. The number of nitrogens with zero attached hydrogens (tertiary/aromatic N) is 3. The van der Waals surface area contributed by atoms with E-state index in [1.54, 1.807) is 12.1 Å². The van der Waals surface area contributed by atoms with Crippen molar-refractivity contribution in [3.63, 3.8) is 0 Å². The highest BCUT2D eigenvalue weighted by molar-refractivity contribution is 5.92. The topological polar surface area (TPSA) is 83.6 Å². The third-order valence-electron chi connectivity index (χ3n) is 2.31. The predicted molar refractivity (Wildman–Crippen MR) is 61.2 cm³/mol. The van der Waals surface area contributed by atoms with Crippen molar-refractivity contribution < 1.29 is 4.79 Å². The summed E-state index contributed by atoms with van der Waals surface area (Å²) >= 11 is 0. The maximum atomic E-state index is 11.9. The molecule has 2 heterocycles. The Hall–Kier alpha value is -2.24. The van der Waals surface area contributed by atoms with Gasteiger partial charge in [0, 0.05) is 5.69 Å². The molecule has 1 unspecified atom stereocenters. The van der Waals surface area contributed by atoms with Crippen LogP contribution in [0.5, 0.6) is 0 Å². The lowest BCUT2D eigenvalue weighted by Gasteiger charge is -2.10. The summed E-state index contributed by atoms with van der Waals surface area (Å²) in [6, 6.07) is 5.09. The highest BCUT2D eigenvalue weighted by atomic mass is 16.1. The standard InChI is InChI=1S/C11H13N5O/c1-7-4-3-5-9(14-7)11(17)15-8(2)10-12-6-13-16-10/h3-6,8H,1-2H3,(H,15,17)(H,12,13,16). The van der Waals surface area contributed by atoms with Gasteiger partial charge in [-0.05, 0) is 26.0 Å². The molecule has 2 rings (SSSR count). The van der Waals surface area contributed by atoms with E-state index in [9.17, 15) is 4.79 Å². The molecular formula is C11H13N5O. The molecule has 0 aliphatic carbocycles. The average Bonchev–Trinajstić information content (AvgIpc) is 2.82. The first-order valence-electron chi connectivity index (χ1n) is 5.26. The minimum Gasteiger partial charge on any atom is -0.341 e. The Morgan fingerprint density at radius 2 is 2.29 bits per heavy atom. The number of carbonyl (C=O) groups excluding carboxylic acids is 1. The van der Waals surface area contributed by atoms with Gasteiger partial charge in [-0.2, -0.15) is 5.10 Å². The molecular weight excluding hydrogens is 218 g/mol. The molecule has 0 radical (unpaired) electrons. The maximum Gasteiger partial charge on any atom is 0.270 e. The monoisotopic (exact) mass is 231 g/mol. The Bertz CT molecular complexity index is 508. The van der Waals surface area contributed by atoms with Crippen LogP contribution in [0.1, 0.15) is 35.0 Å². The minimum absolute atomic E-state index is 0.224. The Morgan fingerprint density at radius 1 is 1.47 bits per heavy atom. The van der Waals surface area contributed by atoms with Crippen molar-refractivity contribution in [3.8, 4) is 0 Å². The first-order chi connectivity index (χ1) is 8.16. The van der Waals surface area contributed by atoms with Gasteiger partial charge < -0.3 is 5.32 Å². The molecule has 0 saturated heterocycles. The summed E-state index contributed by atoms with van der Waals surface area (Å²) in [4.78, 5) is 20.0. The zero-order valence-electron chi connectivity index (χ0n) is 9.64. The minimum atomic E-state index is -0.229. The summed E-state index contributed by atoms with van der Waals surface area (Å²) in [5, 5.41) is 9.23. The summed E-state index contributed by atoms with van der Waals surface area (Å²) in [5.41, 5.74) is 1.21. The van der Waals surface area contributed by atoms with E-state index < -0.39 is 0 Å². The third-order valence-corrected chi connectivity index (χ3v) is 2.31. The Morgan fingerprint density at radius 3 is 2.94 bits per heavy atom. The Kier molecular flexibility index (Phi) is 3.13.